The maximum atomic E-state index is 12.4. The summed E-state index contributed by atoms with van der Waals surface area (Å²) in [6.07, 6.45) is 76.8. The van der Waals surface area contributed by atoms with Crippen LogP contribution in [0.4, 0.5) is 0 Å². The molecule has 3 N–H and O–H groups in total. The number of aliphatic hydroxyl groups excluding tert-OH is 2. The second-order valence-electron chi connectivity index (χ2n) is 22.5. The molecular formula is C66H127NO5. The molecule has 0 saturated carbocycles. The van der Waals surface area contributed by atoms with Gasteiger partial charge in [0, 0.05) is 12.8 Å². The van der Waals surface area contributed by atoms with Crippen molar-refractivity contribution in [2.75, 3.05) is 13.2 Å². The topological polar surface area (TPSA) is 95.9 Å². The number of hydrogen-bond donors (Lipinski definition) is 3. The first-order valence-corrected chi connectivity index (χ1v) is 32.6. The van der Waals surface area contributed by atoms with Crippen LogP contribution in [0, 0.1) is 0 Å². The lowest BCUT2D eigenvalue weighted by Crippen LogP contribution is -2.45. The summed E-state index contributed by atoms with van der Waals surface area (Å²) in [5.41, 5.74) is 0. The molecule has 0 heterocycles. The minimum Gasteiger partial charge on any atom is -0.466 e. The number of rotatable bonds is 61. The third kappa shape index (κ3) is 57.6. The molecule has 6 heteroatoms. The Morgan fingerprint density at radius 1 is 0.375 bits per heavy atom. The predicted molar refractivity (Wildman–Crippen MR) is 315 cm³/mol. The number of esters is 1. The van der Waals surface area contributed by atoms with Crippen molar-refractivity contribution in [2.24, 2.45) is 0 Å². The molecule has 0 aromatic heterocycles. The van der Waals surface area contributed by atoms with Gasteiger partial charge < -0.3 is 20.3 Å². The highest BCUT2D eigenvalue weighted by Crippen LogP contribution is 2.18. The number of aliphatic hydroxyl groups is 2. The minimum atomic E-state index is -0.841. The molecule has 0 aliphatic rings. The maximum Gasteiger partial charge on any atom is 0.305 e. The Balaban J connectivity index is 3.34. The van der Waals surface area contributed by atoms with E-state index in [2.05, 4.69) is 31.3 Å². The first-order valence-electron chi connectivity index (χ1n) is 32.6. The minimum absolute atomic E-state index is 0.0200. The van der Waals surface area contributed by atoms with Crippen LogP contribution in [0.3, 0.4) is 0 Å². The number of carbonyl (C=O) groups is 2. The van der Waals surface area contributed by atoms with Crippen molar-refractivity contribution >= 4 is 11.9 Å². The van der Waals surface area contributed by atoms with Crippen molar-refractivity contribution in [3.8, 4) is 0 Å². The first kappa shape index (κ1) is 70.3. The van der Waals surface area contributed by atoms with Gasteiger partial charge in [0.1, 0.15) is 0 Å². The normalized spacial score (nSPS) is 12.7. The summed E-state index contributed by atoms with van der Waals surface area (Å²) >= 11 is 0. The van der Waals surface area contributed by atoms with E-state index in [1.165, 1.54) is 295 Å². The summed E-state index contributed by atoms with van der Waals surface area (Å²) in [5.74, 6) is -0.0472. The molecule has 0 aromatic carbocycles. The summed E-state index contributed by atoms with van der Waals surface area (Å²) < 4.78 is 5.49. The SMILES string of the molecule is CCCCCCCCCC/C=C/C(O)C(CO)NC(=O)CCCCCCCCCCCCCCCC/C=C\CCCCCCCCCCCCCCOC(=O)CCCCCCCCCCCCCCCCC. The molecule has 72 heavy (non-hydrogen) atoms. The van der Waals surface area contributed by atoms with Gasteiger partial charge in [-0.25, -0.2) is 0 Å². The van der Waals surface area contributed by atoms with E-state index in [9.17, 15) is 19.8 Å². The van der Waals surface area contributed by atoms with Gasteiger partial charge in [-0.1, -0.05) is 314 Å². The van der Waals surface area contributed by atoms with Gasteiger partial charge in [-0.3, -0.25) is 9.59 Å². The average molecular weight is 1010 g/mol. The molecule has 2 unspecified atom stereocenters. The van der Waals surface area contributed by atoms with Gasteiger partial charge in [-0.2, -0.15) is 0 Å². The van der Waals surface area contributed by atoms with Crippen molar-refractivity contribution in [3.63, 3.8) is 0 Å². The zero-order chi connectivity index (χ0) is 52.2. The summed E-state index contributed by atoms with van der Waals surface area (Å²) in [6, 6.07) is -0.624. The van der Waals surface area contributed by atoms with Crippen LogP contribution in [-0.4, -0.2) is 47.4 Å². The Hall–Kier alpha value is -1.66. The zero-order valence-corrected chi connectivity index (χ0v) is 48.7. The molecule has 0 fully saturated rings. The molecule has 0 bridgehead atoms. The highest BCUT2D eigenvalue weighted by molar-refractivity contribution is 5.76. The fourth-order valence-electron chi connectivity index (χ4n) is 10.2. The van der Waals surface area contributed by atoms with Crippen LogP contribution < -0.4 is 5.32 Å². The Morgan fingerprint density at radius 3 is 0.986 bits per heavy atom. The maximum absolute atomic E-state index is 12.4. The fraction of sp³-hybridized carbons (Fsp3) is 0.909. The Morgan fingerprint density at radius 2 is 0.653 bits per heavy atom. The summed E-state index contributed by atoms with van der Waals surface area (Å²) in [5, 5.41) is 23.0. The highest BCUT2D eigenvalue weighted by Gasteiger charge is 2.18. The quantitative estimate of drug-likeness (QED) is 0.0320. The number of hydrogen-bond acceptors (Lipinski definition) is 5. The second-order valence-corrected chi connectivity index (χ2v) is 22.5. The summed E-state index contributed by atoms with van der Waals surface area (Å²) in [4.78, 5) is 24.5. The fourth-order valence-corrected chi connectivity index (χ4v) is 10.2. The van der Waals surface area contributed by atoms with Crippen LogP contribution in [-0.2, 0) is 14.3 Å². The number of carbonyl (C=O) groups excluding carboxylic acids is 2. The Bertz CT molecular complexity index is 1120. The van der Waals surface area contributed by atoms with Gasteiger partial charge in [0.15, 0.2) is 0 Å². The number of allylic oxidation sites excluding steroid dienone is 3. The van der Waals surface area contributed by atoms with Gasteiger partial charge in [0.05, 0.1) is 25.4 Å². The van der Waals surface area contributed by atoms with Gasteiger partial charge >= 0.3 is 5.97 Å². The number of ether oxygens (including phenoxy) is 1. The lowest BCUT2D eigenvalue weighted by molar-refractivity contribution is -0.143. The van der Waals surface area contributed by atoms with E-state index < -0.39 is 12.1 Å². The molecule has 0 aliphatic carbocycles. The standard InChI is InChI=1S/C66H127NO5/c1-3-5-7-9-11-13-15-16-33-37-40-44-48-52-56-60-66(71)72-61-57-53-49-45-41-38-35-32-30-28-26-24-22-20-18-17-19-21-23-25-27-29-31-34-36-39-43-47-51-55-59-65(70)67-63(62-68)64(69)58-54-50-46-42-14-12-10-8-6-4-2/h18,20,54,58,63-64,68-69H,3-17,19,21-53,55-57,59-62H2,1-2H3,(H,67,70)/b20-18-,58-54+. The third-order valence-corrected chi connectivity index (χ3v) is 15.2. The van der Waals surface area contributed by atoms with Crippen molar-refractivity contribution in [1.82, 2.24) is 5.32 Å². The van der Waals surface area contributed by atoms with Gasteiger partial charge in [-0.15, -0.1) is 0 Å². The summed E-state index contributed by atoms with van der Waals surface area (Å²) in [7, 11) is 0. The van der Waals surface area contributed by atoms with Crippen molar-refractivity contribution in [2.45, 2.75) is 373 Å². The van der Waals surface area contributed by atoms with Crippen LogP contribution in [0.15, 0.2) is 24.3 Å². The number of unbranched alkanes of at least 4 members (excludes halogenated alkanes) is 48. The van der Waals surface area contributed by atoms with Crippen molar-refractivity contribution in [3.05, 3.63) is 24.3 Å². The lowest BCUT2D eigenvalue weighted by atomic mass is 10.0. The van der Waals surface area contributed by atoms with E-state index in [1.54, 1.807) is 6.08 Å². The third-order valence-electron chi connectivity index (χ3n) is 15.2. The molecule has 2 atom stereocenters. The average Bonchev–Trinajstić information content (AvgIpc) is 3.38. The molecule has 6 nitrogen and oxygen atoms in total. The van der Waals surface area contributed by atoms with E-state index >= 15 is 0 Å². The molecule has 426 valence electrons. The molecule has 0 aromatic rings. The Labute approximate surface area is 450 Å². The molecular weight excluding hydrogens is 887 g/mol. The smallest absolute Gasteiger partial charge is 0.305 e. The van der Waals surface area contributed by atoms with E-state index in [0.717, 1.165) is 38.5 Å². The van der Waals surface area contributed by atoms with E-state index in [-0.39, 0.29) is 18.5 Å². The van der Waals surface area contributed by atoms with Crippen LogP contribution in [0.1, 0.15) is 361 Å². The van der Waals surface area contributed by atoms with Crippen molar-refractivity contribution in [1.29, 1.82) is 0 Å². The van der Waals surface area contributed by atoms with Crippen LogP contribution in [0.5, 0.6) is 0 Å². The lowest BCUT2D eigenvalue weighted by Gasteiger charge is -2.20. The predicted octanol–water partition coefficient (Wildman–Crippen LogP) is 20.6. The molecule has 0 radical (unpaired) electrons. The number of amides is 1. The molecule has 1 amide bonds. The molecule has 0 aliphatic heterocycles. The molecule has 0 saturated heterocycles. The van der Waals surface area contributed by atoms with Gasteiger partial charge in [0.2, 0.25) is 5.91 Å². The van der Waals surface area contributed by atoms with Crippen LogP contribution in [0.25, 0.3) is 0 Å². The second kappa shape index (κ2) is 61.9. The van der Waals surface area contributed by atoms with E-state index in [0.29, 0.717) is 19.4 Å². The van der Waals surface area contributed by atoms with Crippen LogP contribution >= 0.6 is 0 Å². The van der Waals surface area contributed by atoms with Gasteiger partial charge in [-0.05, 0) is 57.8 Å². The first-order chi connectivity index (χ1) is 35.5. The molecule has 0 spiro atoms. The number of nitrogens with one attached hydrogen (secondary N) is 1. The van der Waals surface area contributed by atoms with E-state index in [4.69, 9.17) is 4.74 Å². The summed E-state index contributed by atoms with van der Waals surface area (Å²) in [6.45, 7) is 4.91. The van der Waals surface area contributed by atoms with Crippen LogP contribution in [0.2, 0.25) is 0 Å². The zero-order valence-electron chi connectivity index (χ0n) is 48.7. The monoisotopic (exact) mass is 1010 g/mol. The van der Waals surface area contributed by atoms with Crippen molar-refractivity contribution < 1.29 is 24.5 Å². The highest BCUT2D eigenvalue weighted by atomic mass is 16.5. The van der Waals surface area contributed by atoms with Gasteiger partial charge in [0.25, 0.3) is 0 Å². The van der Waals surface area contributed by atoms with E-state index in [1.807, 2.05) is 6.08 Å². The Kier molecular flexibility index (Phi) is 60.5. The molecule has 0 rings (SSSR count). The largest absolute Gasteiger partial charge is 0.466 e.